The average Bonchev–Trinajstić information content (AvgIpc) is 3.01. The molecule has 0 saturated heterocycles. The lowest BCUT2D eigenvalue weighted by atomic mass is 9.85. The second kappa shape index (κ2) is 9.61. The van der Waals surface area contributed by atoms with Crippen LogP contribution in [0.1, 0.15) is 53.1 Å². The molecular formula is C25H27NO5S. The van der Waals surface area contributed by atoms with Gasteiger partial charge < -0.3 is 19.5 Å². The molecule has 4 rings (SSSR count). The van der Waals surface area contributed by atoms with E-state index >= 15 is 0 Å². The number of anilines is 1. The zero-order valence-corrected chi connectivity index (χ0v) is 19.3. The summed E-state index contributed by atoms with van der Waals surface area (Å²) in [5.74, 6) is 1.23. The molecule has 1 amide bonds. The van der Waals surface area contributed by atoms with Crippen molar-refractivity contribution in [2.75, 3.05) is 19.0 Å². The van der Waals surface area contributed by atoms with Crippen LogP contribution in [0.3, 0.4) is 0 Å². The summed E-state index contributed by atoms with van der Waals surface area (Å²) < 4.78 is 16.2. The van der Waals surface area contributed by atoms with Gasteiger partial charge in [0, 0.05) is 16.0 Å². The molecule has 2 aromatic rings. The number of carbonyl (C=O) groups excluding carboxylic acids is 2. The summed E-state index contributed by atoms with van der Waals surface area (Å²) >= 11 is 1.49. The minimum Gasteiger partial charge on any atom is -0.497 e. The van der Waals surface area contributed by atoms with Crippen LogP contribution >= 0.6 is 11.3 Å². The van der Waals surface area contributed by atoms with Gasteiger partial charge in [0.2, 0.25) is 0 Å². The summed E-state index contributed by atoms with van der Waals surface area (Å²) in [5.41, 5.74) is 2.69. The smallest absolute Gasteiger partial charge is 0.341 e. The van der Waals surface area contributed by atoms with E-state index in [2.05, 4.69) is 12.2 Å². The first-order valence-corrected chi connectivity index (χ1v) is 11.7. The van der Waals surface area contributed by atoms with E-state index < -0.39 is 0 Å². The molecule has 1 aliphatic carbocycles. The van der Waals surface area contributed by atoms with Crippen molar-refractivity contribution in [3.8, 4) is 11.5 Å². The highest BCUT2D eigenvalue weighted by atomic mass is 32.1. The van der Waals surface area contributed by atoms with Crippen molar-refractivity contribution < 1.29 is 23.8 Å². The van der Waals surface area contributed by atoms with Gasteiger partial charge in [-0.2, -0.15) is 0 Å². The largest absolute Gasteiger partial charge is 0.497 e. The van der Waals surface area contributed by atoms with E-state index in [9.17, 15) is 9.59 Å². The van der Waals surface area contributed by atoms with Gasteiger partial charge in [-0.05, 0) is 68.0 Å². The maximum absolute atomic E-state index is 13.2. The molecule has 1 aromatic heterocycles. The third-order valence-corrected chi connectivity index (χ3v) is 7.05. The van der Waals surface area contributed by atoms with Crippen LogP contribution in [-0.4, -0.2) is 25.6 Å². The SMILES string of the molecule is CCOC(=O)c1c(NC(=O)C2=Cc3cc(OC)ccc3OC=C2)sc2c1CCC(CC)C2. The normalized spacial score (nSPS) is 16.7. The summed E-state index contributed by atoms with van der Waals surface area (Å²) in [6.45, 7) is 4.27. The molecule has 0 spiro atoms. The van der Waals surface area contributed by atoms with Crippen LogP contribution in [0, 0.1) is 5.92 Å². The van der Waals surface area contributed by atoms with Crippen LogP contribution in [0.25, 0.3) is 6.08 Å². The van der Waals surface area contributed by atoms with Crippen LogP contribution in [0.5, 0.6) is 11.5 Å². The number of thiophene rings is 1. The van der Waals surface area contributed by atoms with E-state index in [0.29, 0.717) is 33.6 Å². The molecule has 32 heavy (non-hydrogen) atoms. The van der Waals surface area contributed by atoms with Crippen molar-refractivity contribution >= 4 is 34.3 Å². The monoisotopic (exact) mass is 453 g/mol. The Bertz CT molecular complexity index is 1100. The highest BCUT2D eigenvalue weighted by Gasteiger charge is 2.30. The third-order valence-electron chi connectivity index (χ3n) is 5.88. The number of methoxy groups -OCH3 is 1. The number of benzene rings is 1. The highest BCUT2D eigenvalue weighted by Crippen LogP contribution is 2.41. The molecule has 1 N–H and O–H groups in total. The Morgan fingerprint density at radius 1 is 1.28 bits per heavy atom. The van der Waals surface area contributed by atoms with Crippen molar-refractivity contribution in [1.29, 1.82) is 0 Å². The first-order valence-electron chi connectivity index (χ1n) is 10.9. The van der Waals surface area contributed by atoms with Gasteiger partial charge in [0.05, 0.1) is 25.5 Å². The van der Waals surface area contributed by atoms with Gasteiger partial charge in [-0.25, -0.2) is 4.79 Å². The number of carbonyl (C=O) groups is 2. The standard InChI is InChI=1S/C25H27NO5S/c1-4-15-6-8-19-21(12-15)32-24(22(19)25(28)30-5-2)26-23(27)16-10-11-31-20-9-7-18(29-3)14-17(20)13-16/h7,9-11,13-15H,4-6,8,12H2,1-3H3,(H,26,27). The zero-order valence-electron chi connectivity index (χ0n) is 18.5. The Balaban J connectivity index is 1.66. The lowest BCUT2D eigenvalue weighted by Crippen LogP contribution is -2.17. The Labute approximate surface area is 191 Å². The van der Waals surface area contributed by atoms with E-state index in [4.69, 9.17) is 14.2 Å². The molecule has 0 radical (unpaired) electrons. The second-order valence-electron chi connectivity index (χ2n) is 7.82. The molecule has 0 fully saturated rings. The molecule has 1 unspecified atom stereocenters. The van der Waals surface area contributed by atoms with Gasteiger partial charge in [-0.15, -0.1) is 11.3 Å². The maximum atomic E-state index is 13.2. The Morgan fingerprint density at radius 3 is 2.88 bits per heavy atom. The highest BCUT2D eigenvalue weighted by molar-refractivity contribution is 7.17. The van der Waals surface area contributed by atoms with Gasteiger partial charge in [0.25, 0.3) is 5.91 Å². The van der Waals surface area contributed by atoms with Crippen LogP contribution in [-0.2, 0) is 22.4 Å². The number of hydrogen-bond donors (Lipinski definition) is 1. The van der Waals surface area contributed by atoms with E-state index in [1.54, 1.807) is 38.3 Å². The van der Waals surface area contributed by atoms with Gasteiger partial charge in [-0.1, -0.05) is 13.3 Å². The van der Waals surface area contributed by atoms with Crippen molar-refractivity contribution in [2.24, 2.45) is 5.92 Å². The lowest BCUT2D eigenvalue weighted by molar-refractivity contribution is -0.112. The fraction of sp³-hybridized carbons (Fsp3) is 0.360. The minimum atomic E-state index is -0.376. The van der Waals surface area contributed by atoms with E-state index in [-0.39, 0.29) is 18.5 Å². The summed E-state index contributed by atoms with van der Waals surface area (Å²) in [6.07, 6.45) is 8.77. The predicted octanol–water partition coefficient (Wildman–Crippen LogP) is 5.38. The first-order chi connectivity index (χ1) is 15.5. The number of rotatable bonds is 6. The quantitative estimate of drug-likeness (QED) is 0.595. The van der Waals surface area contributed by atoms with Crippen LogP contribution in [0.4, 0.5) is 5.00 Å². The van der Waals surface area contributed by atoms with Crippen molar-refractivity contribution in [3.63, 3.8) is 0 Å². The van der Waals surface area contributed by atoms with Gasteiger partial charge in [0.1, 0.15) is 16.5 Å². The summed E-state index contributed by atoms with van der Waals surface area (Å²) in [6, 6.07) is 5.41. The van der Waals surface area contributed by atoms with Crippen molar-refractivity contribution in [3.05, 3.63) is 57.7 Å². The first kappa shape index (κ1) is 22.1. The van der Waals surface area contributed by atoms with Crippen molar-refractivity contribution in [2.45, 2.75) is 39.5 Å². The number of amides is 1. The fourth-order valence-electron chi connectivity index (χ4n) is 4.10. The Morgan fingerprint density at radius 2 is 2.12 bits per heavy atom. The van der Waals surface area contributed by atoms with Gasteiger partial charge >= 0.3 is 5.97 Å². The minimum absolute atomic E-state index is 0.290. The molecule has 1 atom stereocenters. The molecular weight excluding hydrogens is 426 g/mol. The maximum Gasteiger partial charge on any atom is 0.341 e. The molecule has 168 valence electrons. The number of ether oxygens (including phenoxy) is 3. The summed E-state index contributed by atoms with van der Waals surface area (Å²) in [4.78, 5) is 27.1. The molecule has 7 heteroatoms. The summed E-state index contributed by atoms with van der Waals surface area (Å²) in [7, 11) is 1.59. The molecule has 6 nitrogen and oxygen atoms in total. The molecule has 2 aliphatic rings. The number of hydrogen-bond acceptors (Lipinski definition) is 6. The topological polar surface area (TPSA) is 73.9 Å². The molecule has 1 aromatic carbocycles. The second-order valence-corrected chi connectivity index (χ2v) is 8.93. The number of fused-ring (bicyclic) bond motifs is 2. The fourth-order valence-corrected chi connectivity index (χ4v) is 5.44. The summed E-state index contributed by atoms with van der Waals surface area (Å²) in [5, 5.41) is 3.53. The molecule has 0 saturated carbocycles. The predicted molar refractivity (Wildman–Crippen MR) is 125 cm³/mol. The Kier molecular flexibility index (Phi) is 6.65. The number of nitrogens with one attached hydrogen (secondary N) is 1. The van der Waals surface area contributed by atoms with E-state index in [1.165, 1.54) is 22.5 Å². The molecule has 2 heterocycles. The van der Waals surface area contributed by atoms with Crippen LogP contribution in [0.2, 0.25) is 0 Å². The molecule has 1 aliphatic heterocycles. The van der Waals surface area contributed by atoms with Crippen LogP contribution in [0.15, 0.2) is 36.1 Å². The van der Waals surface area contributed by atoms with Gasteiger partial charge in [0.15, 0.2) is 0 Å². The zero-order chi connectivity index (χ0) is 22.7. The lowest BCUT2D eigenvalue weighted by Gasteiger charge is -2.20. The number of esters is 1. The molecule has 0 bridgehead atoms. The van der Waals surface area contributed by atoms with E-state index in [1.807, 2.05) is 6.07 Å². The van der Waals surface area contributed by atoms with Crippen molar-refractivity contribution in [1.82, 2.24) is 0 Å². The van der Waals surface area contributed by atoms with Gasteiger partial charge in [-0.3, -0.25) is 4.79 Å². The Hall–Kier alpha value is -3.06. The van der Waals surface area contributed by atoms with E-state index in [0.717, 1.165) is 36.8 Å². The van der Waals surface area contributed by atoms with Crippen LogP contribution < -0.4 is 14.8 Å². The average molecular weight is 454 g/mol. The third kappa shape index (κ3) is 4.43.